The van der Waals surface area contributed by atoms with E-state index in [0.717, 1.165) is 4.86 Å². The van der Waals surface area contributed by atoms with Crippen molar-refractivity contribution in [2.75, 3.05) is 6.61 Å². The molecule has 2 unspecified atom stereocenters. The predicted molar refractivity (Wildman–Crippen MR) is 89.1 cm³/mol. The molecule has 1 aromatic rings. The molecule has 2 heterocycles. The molecule has 1 aromatic heterocycles. The van der Waals surface area contributed by atoms with Crippen LogP contribution in [0.1, 0.15) is 6.23 Å². The lowest BCUT2D eigenvalue weighted by Crippen LogP contribution is -2.40. The van der Waals surface area contributed by atoms with Crippen LogP contribution in [0.2, 0.25) is 0 Å². The van der Waals surface area contributed by atoms with Crippen molar-refractivity contribution < 1.29 is 61.4 Å². The Balaban J connectivity index is 2.36. The zero-order valence-corrected chi connectivity index (χ0v) is 16.9. The van der Waals surface area contributed by atoms with Gasteiger partial charge in [0.1, 0.15) is 18.3 Å². The molecule has 0 amide bonds. The number of aliphatic hydroxyl groups is 2. The van der Waals surface area contributed by atoms with Crippen LogP contribution < -0.4 is 16.1 Å². The van der Waals surface area contributed by atoms with E-state index < -0.39 is 71.5 Å². The van der Waals surface area contributed by atoms with Crippen molar-refractivity contribution in [1.29, 1.82) is 0 Å². The third kappa shape index (κ3) is 6.21. The van der Waals surface area contributed by atoms with Crippen LogP contribution in [0, 0.1) is 5.82 Å². The molecule has 0 aliphatic carbocycles. The number of nitrogens with zero attached hydrogens (tertiary/aromatic N) is 1. The number of ether oxygens (including phenoxy) is 1. The predicted octanol–water partition coefficient (Wildman–Crippen LogP) is -2.79. The van der Waals surface area contributed by atoms with Gasteiger partial charge in [-0.05, 0) is 0 Å². The number of aromatic amines is 1. The van der Waals surface area contributed by atoms with E-state index in [1.807, 2.05) is 0 Å². The number of aromatic nitrogens is 2. The molecule has 8 N–H and O–H groups in total. The highest BCUT2D eigenvalue weighted by atomic mass is 31.3. The monoisotopic (exact) mass is 501 g/mol. The molecule has 1 aliphatic heterocycles. The number of nitrogens with one attached hydrogen (secondary N) is 2. The molecule has 0 bridgehead atoms. The summed E-state index contributed by atoms with van der Waals surface area (Å²) in [5, 5.41) is 19.3. The molecule has 17 nitrogen and oxygen atoms in total. The van der Waals surface area contributed by atoms with Gasteiger partial charge in [-0.25, -0.2) is 18.5 Å². The van der Waals surface area contributed by atoms with E-state index in [-0.39, 0.29) is 0 Å². The molecular weight excluding hydrogens is 486 g/mol. The summed E-state index contributed by atoms with van der Waals surface area (Å²) in [7, 11) is -16.8. The van der Waals surface area contributed by atoms with E-state index in [1.54, 1.807) is 0 Å². The molecule has 1 aliphatic rings. The van der Waals surface area contributed by atoms with Gasteiger partial charge in [0.25, 0.3) is 5.56 Å². The lowest BCUT2D eigenvalue weighted by Gasteiger charge is -2.25. The summed E-state index contributed by atoms with van der Waals surface area (Å²) < 4.78 is 61.2. The summed E-state index contributed by atoms with van der Waals surface area (Å²) in [5.74, 6) is -1.50. The van der Waals surface area contributed by atoms with E-state index in [1.165, 1.54) is 4.98 Å². The van der Waals surface area contributed by atoms with Crippen molar-refractivity contribution in [1.82, 2.24) is 14.4 Å². The maximum Gasteiger partial charge on any atom is 0.477 e. The second kappa shape index (κ2) is 8.80. The first-order chi connectivity index (χ1) is 13.6. The topological polar surface area (TPSA) is 267 Å². The largest absolute Gasteiger partial charge is 0.477 e. The molecular formula is C9H15FN3O14P3. The zero-order chi connectivity index (χ0) is 23.1. The molecule has 0 spiro atoms. The lowest BCUT2D eigenvalue weighted by molar-refractivity contribution is -0.0535. The first-order valence-electron chi connectivity index (χ1n) is 7.41. The van der Waals surface area contributed by atoms with Gasteiger partial charge in [0, 0.05) is 0 Å². The third-order valence-electron chi connectivity index (χ3n) is 3.43. The smallest absolute Gasteiger partial charge is 0.394 e. The minimum absolute atomic E-state index is 0.297. The minimum atomic E-state index is -5.65. The van der Waals surface area contributed by atoms with Crippen LogP contribution in [0.4, 0.5) is 4.39 Å². The fraction of sp³-hybridized carbons (Fsp3) is 0.556. The molecule has 1 fully saturated rings. The van der Waals surface area contributed by atoms with E-state index in [4.69, 9.17) is 14.5 Å². The quantitative estimate of drug-likeness (QED) is 0.167. The average Bonchev–Trinajstić information content (AvgIpc) is 2.83. The van der Waals surface area contributed by atoms with Crippen molar-refractivity contribution >= 4 is 23.3 Å². The van der Waals surface area contributed by atoms with E-state index in [9.17, 15) is 47.7 Å². The Morgan fingerprint density at radius 3 is 2.33 bits per heavy atom. The van der Waals surface area contributed by atoms with Gasteiger partial charge in [0.2, 0.25) is 5.82 Å². The molecule has 0 aromatic carbocycles. The van der Waals surface area contributed by atoms with Gasteiger partial charge in [-0.1, -0.05) is 0 Å². The number of rotatable bonds is 8. The van der Waals surface area contributed by atoms with Crippen LogP contribution in [-0.2, 0) is 27.3 Å². The fourth-order valence-corrected chi connectivity index (χ4v) is 6.02. The Bertz CT molecular complexity index is 1050. The van der Waals surface area contributed by atoms with Crippen molar-refractivity contribution in [2.24, 2.45) is 0 Å². The van der Waals surface area contributed by atoms with Crippen molar-refractivity contribution in [2.45, 2.75) is 24.5 Å². The highest BCUT2D eigenvalue weighted by molar-refractivity contribution is 7.70. The van der Waals surface area contributed by atoms with Crippen molar-refractivity contribution in [3.05, 3.63) is 32.9 Å². The molecule has 1 saturated heterocycles. The first-order valence-corrected chi connectivity index (χ1v) is 12.1. The van der Waals surface area contributed by atoms with E-state index >= 15 is 0 Å². The Kier molecular flexibility index (Phi) is 7.38. The second-order valence-electron chi connectivity index (χ2n) is 5.66. The maximum absolute atomic E-state index is 13.5. The summed E-state index contributed by atoms with van der Waals surface area (Å²) in [6.45, 7) is -0.929. The summed E-state index contributed by atoms with van der Waals surface area (Å²) >= 11 is 0. The van der Waals surface area contributed by atoms with Gasteiger partial charge in [-0.2, -0.15) is 8.70 Å². The average molecular weight is 501 g/mol. The molecule has 0 saturated carbocycles. The number of hydrogen-bond acceptors (Lipinski definition) is 10. The second-order valence-corrected chi connectivity index (χ2v) is 10.4. The number of hydrogen-bond donors (Lipinski definition) is 8. The molecule has 6 atom stereocenters. The Hall–Kier alpha value is -1.10. The Morgan fingerprint density at radius 1 is 1.20 bits per heavy atom. The summed E-state index contributed by atoms with van der Waals surface area (Å²) in [4.78, 5) is 61.5. The highest BCUT2D eigenvalue weighted by Crippen LogP contribution is 2.60. The van der Waals surface area contributed by atoms with Crippen LogP contribution >= 0.6 is 23.3 Å². The molecule has 21 heteroatoms. The Labute approximate surface area is 164 Å². The number of phosphoric acid groups is 1. The standard InChI is InChI=1S/C9H15FN3O14P3/c10-3-1-13(9(17)11-7(3)16)8-6(5(15)4(2-14)25-8)26-28(18,19)12-29(20,21)27-30(22,23)24/h1,4-6,8,14-15H,2H2,(H,11,16,17)(H2,22,23,24)(H3,12,18,19,20,21)/t4-,5-,6-,8-/m1/s1. The SMILES string of the molecule is O=c1[nH]c(=O)n([C@@H]2O[C@H](CO)[C@@H](O)[C@H]2OP(=O)(O)NP(=O)(O)OP(=O)(O)O)cc1F. The fourth-order valence-electron chi connectivity index (χ4n) is 2.37. The Morgan fingerprint density at radius 2 is 1.80 bits per heavy atom. The van der Waals surface area contributed by atoms with Gasteiger partial charge in [-0.15, -0.1) is 4.86 Å². The normalized spacial score (nSPS) is 28.8. The minimum Gasteiger partial charge on any atom is -0.394 e. The van der Waals surface area contributed by atoms with E-state index in [0.29, 0.717) is 10.8 Å². The zero-order valence-electron chi connectivity index (χ0n) is 14.2. The van der Waals surface area contributed by atoms with Gasteiger partial charge >= 0.3 is 29.0 Å². The molecule has 172 valence electrons. The van der Waals surface area contributed by atoms with Crippen LogP contribution in [0.25, 0.3) is 0 Å². The lowest BCUT2D eigenvalue weighted by atomic mass is 10.1. The van der Waals surface area contributed by atoms with E-state index in [2.05, 4.69) is 8.83 Å². The van der Waals surface area contributed by atoms with Gasteiger partial charge < -0.3 is 34.5 Å². The summed E-state index contributed by atoms with van der Waals surface area (Å²) in [5.41, 5.74) is -2.74. The molecule has 30 heavy (non-hydrogen) atoms. The summed E-state index contributed by atoms with van der Waals surface area (Å²) in [6.07, 6.45) is -7.29. The molecule has 0 radical (unpaired) electrons. The van der Waals surface area contributed by atoms with Gasteiger partial charge in [0.05, 0.1) is 12.8 Å². The van der Waals surface area contributed by atoms with Crippen molar-refractivity contribution in [3.8, 4) is 0 Å². The molecule has 2 rings (SSSR count). The van der Waals surface area contributed by atoms with Gasteiger partial charge in [-0.3, -0.25) is 18.9 Å². The van der Waals surface area contributed by atoms with Crippen molar-refractivity contribution in [3.63, 3.8) is 0 Å². The van der Waals surface area contributed by atoms with Crippen LogP contribution in [-0.4, -0.2) is 64.3 Å². The number of H-pyrrole nitrogens is 1. The van der Waals surface area contributed by atoms with Crippen LogP contribution in [0.5, 0.6) is 0 Å². The van der Waals surface area contributed by atoms with Crippen LogP contribution in [0.15, 0.2) is 15.8 Å². The number of halogens is 1. The van der Waals surface area contributed by atoms with Crippen LogP contribution in [0.3, 0.4) is 0 Å². The number of aliphatic hydroxyl groups excluding tert-OH is 2. The maximum atomic E-state index is 13.5. The first kappa shape index (κ1) is 25.2. The highest BCUT2D eigenvalue weighted by Gasteiger charge is 2.50. The third-order valence-corrected chi connectivity index (χ3v) is 7.71. The summed E-state index contributed by atoms with van der Waals surface area (Å²) in [6, 6.07) is 0. The van der Waals surface area contributed by atoms with Gasteiger partial charge in [0.15, 0.2) is 6.23 Å².